The van der Waals surface area contributed by atoms with Gasteiger partial charge in [0.25, 0.3) is 0 Å². The average molecular weight is 250 g/mol. The van der Waals surface area contributed by atoms with Gasteiger partial charge in [-0.1, -0.05) is 0 Å². The highest BCUT2D eigenvalue weighted by atomic mass is 32.1. The molecule has 0 saturated carbocycles. The van der Waals surface area contributed by atoms with Crippen molar-refractivity contribution in [2.45, 2.75) is 26.7 Å². The molecule has 0 atom stereocenters. The van der Waals surface area contributed by atoms with Gasteiger partial charge < -0.3 is 10.1 Å². The van der Waals surface area contributed by atoms with Gasteiger partial charge in [0, 0.05) is 28.8 Å². The number of H-pyrrole nitrogens is 1. The normalized spacial score (nSPS) is 10.7. The molecule has 0 amide bonds. The average Bonchev–Trinajstić information content (AvgIpc) is 2.82. The molecule has 0 bridgehead atoms. The summed E-state index contributed by atoms with van der Waals surface area (Å²) in [4.78, 5) is 18.2. The number of thiazole rings is 1. The van der Waals surface area contributed by atoms with Crippen LogP contribution in [0.4, 0.5) is 0 Å². The summed E-state index contributed by atoms with van der Waals surface area (Å²) in [6, 6.07) is 2.06. The van der Waals surface area contributed by atoms with E-state index in [1.54, 1.807) is 0 Å². The number of aromatic amines is 1. The van der Waals surface area contributed by atoms with Crippen molar-refractivity contribution in [3.8, 4) is 11.3 Å². The van der Waals surface area contributed by atoms with Crippen LogP contribution < -0.4 is 0 Å². The van der Waals surface area contributed by atoms with Crippen LogP contribution in [0.5, 0.6) is 0 Å². The standard InChI is InChI=1S/C12H14N2O2S/c1-7-5-9(8(2)13-7)10-6-17-11(14-10)3-4-12(15)16/h5-6,13H,3-4H2,1-2H3,(H,15,16). The topological polar surface area (TPSA) is 66.0 Å². The molecule has 4 nitrogen and oxygen atoms in total. The van der Waals surface area contributed by atoms with Crippen LogP contribution in [0, 0.1) is 13.8 Å². The summed E-state index contributed by atoms with van der Waals surface area (Å²) in [7, 11) is 0. The van der Waals surface area contributed by atoms with Gasteiger partial charge in [0.2, 0.25) is 0 Å². The lowest BCUT2D eigenvalue weighted by Crippen LogP contribution is -1.96. The lowest BCUT2D eigenvalue weighted by Gasteiger charge is -1.93. The first-order chi connectivity index (χ1) is 8.06. The first-order valence-corrected chi connectivity index (χ1v) is 6.27. The molecule has 0 unspecified atom stereocenters. The third-order valence-corrected chi connectivity index (χ3v) is 3.44. The minimum atomic E-state index is -0.782. The van der Waals surface area contributed by atoms with E-state index in [1.807, 2.05) is 19.2 Å². The van der Waals surface area contributed by atoms with Gasteiger partial charge in [-0.2, -0.15) is 0 Å². The van der Waals surface area contributed by atoms with Crippen LogP contribution in [0.2, 0.25) is 0 Å². The zero-order valence-electron chi connectivity index (χ0n) is 9.78. The zero-order valence-corrected chi connectivity index (χ0v) is 10.6. The molecule has 5 heteroatoms. The Hall–Kier alpha value is -1.62. The first kappa shape index (κ1) is 11.9. The van der Waals surface area contributed by atoms with Gasteiger partial charge in [0.1, 0.15) is 0 Å². The molecule has 17 heavy (non-hydrogen) atoms. The maximum atomic E-state index is 10.5. The van der Waals surface area contributed by atoms with Gasteiger partial charge >= 0.3 is 5.97 Å². The SMILES string of the molecule is Cc1cc(-c2csc(CCC(=O)O)n2)c(C)[nH]1. The van der Waals surface area contributed by atoms with E-state index in [0.29, 0.717) is 6.42 Å². The Morgan fingerprint density at radius 3 is 2.88 bits per heavy atom. The molecule has 2 aromatic rings. The summed E-state index contributed by atoms with van der Waals surface area (Å²) in [6.45, 7) is 4.02. The molecule has 0 spiro atoms. The summed E-state index contributed by atoms with van der Waals surface area (Å²) in [5, 5.41) is 11.5. The molecule has 90 valence electrons. The maximum Gasteiger partial charge on any atom is 0.303 e. The number of carbonyl (C=O) groups is 1. The Kier molecular flexibility index (Phi) is 3.28. The molecule has 2 rings (SSSR count). The van der Waals surface area contributed by atoms with Crippen molar-refractivity contribution in [2.75, 3.05) is 0 Å². The Balaban J connectivity index is 2.18. The van der Waals surface area contributed by atoms with Crippen LogP contribution in [0.3, 0.4) is 0 Å². The predicted molar refractivity (Wildman–Crippen MR) is 67.3 cm³/mol. The van der Waals surface area contributed by atoms with Gasteiger partial charge in [0.15, 0.2) is 0 Å². The first-order valence-electron chi connectivity index (χ1n) is 5.39. The number of nitrogens with one attached hydrogen (secondary N) is 1. The fraction of sp³-hybridized carbons (Fsp3) is 0.333. The molecule has 2 aromatic heterocycles. The zero-order chi connectivity index (χ0) is 12.4. The molecule has 0 aliphatic heterocycles. The second kappa shape index (κ2) is 4.71. The van der Waals surface area contributed by atoms with Crippen LogP contribution >= 0.6 is 11.3 Å². The molecular formula is C12H14N2O2S. The van der Waals surface area contributed by atoms with Crippen molar-refractivity contribution in [1.29, 1.82) is 0 Å². The molecule has 0 aliphatic rings. The van der Waals surface area contributed by atoms with E-state index >= 15 is 0 Å². The number of aryl methyl sites for hydroxylation is 3. The van der Waals surface area contributed by atoms with Crippen molar-refractivity contribution in [3.05, 3.63) is 27.8 Å². The number of aromatic nitrogens is 2. The van der Waals surface area contributed by atoms with Crippen molar-refractivity contribution in [3.63, 3.8) is 0 Å². The second-order valence-corrected chi connectivity index (χ2v) is 4.95. The van der Waals surface area contributed by atoms with E-state index in [9.17, 15) is 4.79 Å². The molecule has 2 heterocycles. The van der Waals surface area contributed by atoms with Gasteiger partial charge in [-0.15, -0.1) is 11.3 Å². The Morgan fingerprint density at radius 2 is 2.29 bits per heavy atom. The van der Waals surface area contributed by atoms with Crippen LogP contribution in [0.15, 0.2) is 11.4 Å². The quantitative estimate of drug-likeness (QED) is 0.876. The molecular weight excluding hydrogens is 236 g/mol. The van der Waals surface area contributed by atoms with Gasteiger partial charge in [0.05, 0.1) is 17.1 Å². The largest absolute Gasteiger partial charge is 0.481 e. The highest BCUT2D eigenvalue weighted by Gasteiger charge is 2.10. The third-order valence-electron chi connectivity index (χ3n) is 2.53. The van der Waals surface area contributed by atoms with Crippen molar-refractivity contribution in [1.82, 2.24) is 9.97 Å². The van der Waals surface area contributed by atoms with E-state index in [2.05, 4.69) is 16.0 Å². The summed E-state index contributed by atoms with van der Waals surface area (Å²) in [6.07, 6.45) is 0.639. The van der Waals surface area contributed by atoms with E-state index < -0.39 is 5.97 Å². The predicted octanol–water partition coefficient (Wildman–Crippen LogP) is 2.77. The summed E-state index contributed by atoms with van der Waals surface area (Å²) in [5.41, 5.74) is 4.23. The third kappa shape index (κ3) is 2.74. The number of carboxylic acids is 1. The smallest absolute Gasteiger partial charge is 0.303 e. The second-order valence-electron chi connectivity index (χ2n) is 4.01. The van der Waals surface area contributed by atoms with E-state index in [-0.39, 0.29) is 6.42 Å². The van der Waals surface area contributed by atoms with Crippen molar-refractivity contribution >= 4 is 17.3 Å². The maximum absolute atomic E-state index is 10.5. The van der Waals surface area contributed by atoms with E-state index in [0.717, 1.165) is 27.7 Å². The van der Waals surface area contributed by atoms with E-state index in [1.165, 1.54) is 11.3 Å². The molecule has 2 N–H and O–H groups in total. The number of nitrogens with zero attached hydrogens (tertiary/aromatic N) is 1. The highest BCUT2D eigenvalue weighted by Crippen LogP contribution is 2.26. The van der Waals surface area contributed by atoms with Gasteiger partial charge in [-0.05, 0) is 19.9 Å². The van der Waals surface area contributed by atoms with Crippen molar-refractivity contribution in [2.24, 2.45) is 0 Å². The highest BCUT2D eigenvalue weighted by molar-refractivity contribution is 7.09. The number of aliphatic carboxylic acids is 1. The number of rotatable bonds is 4. The fourth-order valence-electron chi connectivity index (χ4n) is 1.75. The minimum absolute atomic E-state index is 0.137. The number of hydrogen-bond donors (Lipinski definition) is 2. The number of hydrogen-bond acceptors (Lipinski definition) is 3. The van der Waals surface area contributed by atoms with Crippen LogP contribution in [0.25, 0.3) is 11.3 Å². The van der Waals surface area contributed by atoms with Gasteiger partial charge in [-0.3, -0.25) is 4.79 Å². The van der Waals surface area contributed by atoms with Gasteiger partial charge in [-0.25, -0.2) is 4.98 Å². The summed E-state index contributed by atoms with van der Waals surface area (Å²) >= 11 is 1.52. The van der Waals surface area contributed by atoms with Crippen LogP contribution in [0.1, 0.15) is 22.8 Å². The molecule has 0 radical (unpaired) electrons. The van der Waals surface area contributed by atoms with Crippen LogP contribution in [-0.2, 0) is 11.2 Å². The fourth-order valence-corrected chi connectivity index (χ4v) is 2.55. The van der Waals surface area contributed by atoms with E-state index in [4.69, 9.17) is 5.11 Å². The monoisotopic (exact) mass is 250 g/mol. The molecule has 0 aliphatic carbocycles. The Bertz CT molecular complexity index is 542. The summed E-state index contributed by atoms with van der Waals surface area (Å²) < 4.78 is 0. The lowest BCUT2D eigenvalue weighted by atomic mass is 10.2. The molecule has 0 saturated heterocycles. The molecule has 0 fully saturated rings. The van der Waals surface area contributed by atoms with Crippen LogP contribution in [-0.4, -0.2) is 21.0 Å². The minimum Gasteiger partial charge on any atom is -0.481 e. The Labute approximate surface area is 103 Å². The molecule has 0 aromatic carbocycles. The Morgan fingerprint density at radius 1 is 1.53 bits per heavy atom. The number of carboxylic acid groups (broad SMARTS) is 1. The lowest BCUT2D eigenvalue weighted by molar-refractivity contribution is -0.136. The van der Waals surface area contributed by atoms with Crippen molar-refractivity contribution < 1.29 is 9.90 Å². The summed E-state index contributed by atoms with van der Waals surface area (Å²) in [5.74, 6) is -0.782.